The highest BCUT2D eigenvalue weighted by Gasteiger charge is 2.16. The molecule has 8 rings (SSSR count). The minimum Gasteiger partial charge on any atom is -0.292 e. The molecule has 0 spiro atoms. The van der Waals surface area contributed by atoms with E-state index in [4.69, 9.17) is 4.98 Å². The first-order chi connectivity index (χ1) is 18.7. The molecule has 0 aliphatic rings. The standard InChI is InChI=1S/C36H24N2/c1-23-10-21-33-32(22-23)37-36(28-6-3-2-4-7-28)38(33)29-17-13-24(14-18-29)30-19-15-27-12-11-25-8-5-9-26-16-20-31(30)35(27)34(25)26/h2-22H,1H3. The molecule has 0 bridgehead atoms. The maximum Gasteiger partial charge on any atom is 0.145 e. The van der Waals surface area contributed by atoms with E-state index in [0.29, 0.717) is 0 Å². The van der Waals surface area contributed by atoms with Crippen molar-refractivity contribution in [1.29, 1.82) is 0 Å². The van der Waals surface area contributed by atoms with Crippen LogP contribution in [0.1, 0.15) is 5.56 Å². The summed E-state index contributed by atoms with van der Waals surface area (Å²) >= 11 is 0. The molecule has 2 heteroatoms. The summed E-state index contributed by atoms with van der Waals surface area (Å²) in [6.45, 7) is 2.12. The van der Waals surface area contributed by atoms with Gasteiger partial charge in [0.05, 0.1) is 11.0 Å². The molecule has 0 radical (unpaired) electrons. The summed E-state index contributed by atoms with van der Waals surface area (Å²) in [6.07, 6.45) is 0. The third-order valence-corrected chi connectivity index (χ3v) is 7.81. The Balaban J connectivity index is 1.31. The number of aryl methyl sites for hydroxylation is 1. The molecule has 1 aromatic heterocycles. The molecule has 0 saturated carbocycles. The fourth-order valence-corrected chi connectivity index (χ4v) is 6.01. The average molecular weight is 485 g/mol. The highest BCUT2D eigenvalue weighted by molar-refractivity contribution is 6.25. The lowest BCUT2D eigenvalue weighted by Gasteiger charge is -2.15. The second kappa shape index (κ2) is 8.03. The fraction of sp³-hybridized carbons (Fsp3) is 0.0278. The van der Waals surface area contributed by atoms with Crippen LogP contribution in [0.2, 0.25) is 0 Å². The topological polar surface area (TPSA) is 17.8 Å². The van der Waals surface area contributed by atoms with Gasteiger partial charge in [0, 0.05) is 11.3 Å². The van der Waals surface area contributed by atoms with Crippen LogP contribution >= 0.6 is 0 Å². The van der Waals surface area contributed by atoms with Gasteiger partial charge in [-0.25, -0.2) is 4.98 Å². The molecule has 178 valence electrons. The monoisotopic (exact) mass is 484 g/mol. The molecule has 2 nitrogen and oxygen atoms in total. The molecule has 8 aromatic rings. The van der Waals surface area contributed by atoms with Gasteiger partial charge >= 0.3 is 0 Å². The van der Waals surface area contributed by atoms with Crippen molar-refractivity contribution >= 4 is 43.4 Å². The van der Waals surface area contributed by atoms with Crippen LogP contribution in [0.15, 0.2) is 127 Å². The van der Waals surface area contributed by atoms with Gasteiger partial charge in [-0.1, -0.05) is 103 Å². The quantitative estimate of drug-likeness (QED) is 0.228. The van der Waals surface area contributed by atoms with Crippen LogP contribution in [0, 0.1) is 6.92 Å². The Labute approximate surface area is 220 Å². The molecule has 0 N–H and O–H groups in total. The van der Waals surface area contributed by atoms with E-state index in [-0.39, 0.29) is 0 Å². The van der Waals surface area contributed by atoms with Crippen LogP contribution in [-0.4, -0.2) is 9.55 Å². The fourth-order valence-electron chi connectivity index (χ4n) is 6.01. The Hall–Kier alpha value is -4.95. The molecule has 1 heterocycles. The average Bonchev–Trinajstić information content (AvgIpc) is 3.35. The molecule has 0 unspecified atom stereocenters. The van der Waals surface area contributed by atoms with Crippen LogP contribution in [0.3, 0.4) is 0 Å². The summed E-state index contributed by atoms with van der Waals surface area (Å²) in [6, 6.07) is 46.0. The smallest absolute Gasteiger partial charge is 0.145 e. The number of hydrogen-bond donors (Lipinski definition) is 0. The van der Waals surface area contributed by atoms with Gasteiger partial charge in [0.15, 0.2) is 0 Å². The number of imidazole rings is 1. The second-order valence-electron chi connectivity index (χ2n) is 10.1. The molecule has 0 aliphatic heterocycles. The first-order valence-electron chi connectivity index (χ1n) is 13.1. The highest BCUT2D eigenvalue weighted by Crippen LogP contribution is 2.39. The molecule has 7 aromatic carbocycles. The van der Waals surface area contributed by atoms with Crippen LogP contribution < -0.4 is 0 Å². The zero-order valence-electron chi connectivity index (χ0n) is 21.0. The molecule has 0 fully saturated rings. The van der Waals surface area contributed by atoms with E-state index in [1.807, 2.05) is 6.07 Å². The minimum absolute atomic E-state index is 0.960. The zero-order chi connectivity index (χ0) is 25.2. The number of benzene rings is 7. The third-order valence-electron chi connectivity index (χ3n) is 7.81. The molecular formula is C36H24N2. The maximum atomic E-state index is 5.05. The van der Waals surface area contributed by atoms with Gasteiger partial charge in [-0.05, 0) is 80.2 Å². The number of fused-ring (bicyclic) bond motifs is 1. The van der Waals surface area contributed by atoms with Crippen LogP contribution in [0.25, 0.3) is 71.6 Å². The molecule has 0 amide bonds. The second-order valence-corrected chi connectivity index (χ2v) is 10.1. The van der Waals surface area contributed by atoms with Gasteiger partial charge in [-0.2, -0.15) is 0 Å². The van der Waals surface area contributed by atoms with Crippen LogP contribution in [0.5, 0.6) is 0 Å². The Morgan fingerprint density at radius 3 is 2.05 bits per heavy atom. The van der Waals surface area contributed by atoms with E-state index >= 15 is 0 Å². The van der Waals surface area contributed by atoms with Gasteiger partial charge in [-0.3, -0.25) is 4.57 Å². The maximum absolute atomic E-state index is 5.05. The van der Waals surface area contributed by atoms with Crippen LogP contribution in [0.4, 0.5) is 0 Å². The van der Waals surface area contributed by atoms with Gasteiger partial charge < -0.3 is 0 Å². The molecule has 0 atom stereocenters. The van der Waals surface area contributed by atoms with Crippen LogP contribution in [-0.2, 0) is 0 Å². The summed E-state index contributed by atoms with van der Waals surface area (Å²) in [7, 11) is 0. The highest BCUT2D eigenvalue weighted by atomic mass is 15.1. The minimum atomic E-state index is 0.960. The first kappa shape index (κ1) is 21.2. The molecule has 0 saturated heterocycles. The van der Waals surface area contributed by atoms with Crippen molar-refractivity contribution in [2.75, 3.05) is 0 Å². The number of rotatable bonds is 3. The van der Waals surface area contributed by atoms with Gasteiger partial charge in [0.2, 0.25) is 0 Å². The Bertz CT molecular complexity index is 2100. The zero-order valence-corrected chi connectivity index (χ0v) is 21.0. The number of hydrogen-bond acceptors (Lipinski definition) is 1. The van der Waals surface area contributed by atoms with E-state index in [0.717, 1.165) is 28.1 Å². The lowest BCUT2D eigenvalue weighted by atomic mass is 9.90. The van der Waals surface area contributed by atoms with Crippen molar-refractivity contribution < 1.29 is 0 Å². The summed E-state index contributed by atoms with van der Waals surface area (Å²) in [5.41, 5.74) is 8.04. The number of aromatic nitrogens is 2. The number of nitrogens with zero attached hydrogens (tertiary/aromatic N) is 2. The van der Waals surface area contributed by atoms with E-state index in [1.54, 1.807) is 0 Å². The Morgan fingerprint density at radius 1 is 0.553 bits per heavy atom. The van der Waals surface area contributed by atoms with Crippen molar-refractivity contribution in [3.63, 3.8) is 0 Å². The molecule has 38 heavy (non-hydrogen) atoms. The largest absolute Gasteiger partial charge is 0.292 e. The van der Waals surface area contributed by atoms with Crippen molar-refractivity contribution in [2.45, 2.75) is 6.92 Å². The van der Waals surface area contributed by atoms with Crippen molar-refractivity contribution in [1.82, 2.24) is 9.55 Å². The van der Waals surface area contributed by atoms with Gasteiger partial charge in [0.25, 0.3) is 0 Å². The summed E-state index contributed by atoms with van der Waals surface area (Å²) in [5, 5.41) is 7.89. The normalized spacial score (nSPS) is 11.8. The van der Waals surface area contributed by atoms with E-state index in [2.05, 4.69) is 133 Å². The first-order valence-corrected chi connectivity index (χ1v) is 13.1. The predicted octanol–water partition coefficient (Wildman–Crippen LogP) is 9.57. The van der Waals surface area contributed by atoms with Crippen molar-refractivity contribution in [3.8, 4) is 28.2 Å². The third kappa shape index (κ3) is 3.10. The lowest BCUT2D eigenvalue weighted by molar-refractivity contribution is 1.10. The molecular weight excluding hydrogens is 460 g/mol. The molecule has 0 aliphatic carbocycles. The van der Waals surface area contributed by atoms with Crippen molar-refractivity contribution in [3.05, 3.63) is 133 Å². The predicted molar refractivity (Wildman–Crippen MR) is 160 cm³/mol. The van der Waals surface area contributed by atoms with E-state index in [1.165, 1.54) is 49.0 Å². The SMILES string of the molecule is Cc1ccc2c(c1)nc(-c1ccccc1)n2-c1ccc(-c2ccc3ccc4cccc5ccc2c3c45)cc1. The Kier molecular flexibility index (Phi) is 4.47. The van der Waals surface area contributed by atoms with E-state index < -0.39 is 0 Å². The lowest BCUT2D eigenvalue weighted by Crippen LogP contribution is -1.97. The van der Waals surface area contributed by atoms with Crippen molar-refractivity contribution in [2.24, 2.45) is 0 Å². The summed E-state index contributed by atoms with van der Waals surface area (Å²) in [4.78, 5) is 5.05. The van der Waals surface area contributed by atoms with Gasteiger partial charge in [0.1, 0.15) is 5.82 Å². The van der Waals surface area contributed by atoms with E-state index in [9.17, 15) is 0 Å². The Morgan fingerprint density at radius 2 is 1.26 bits per heavy atom. The summed E-state index contributed by atoms with van der Waals surface area (Å²) < 4.78 is 2.28. The summed E-state index contributed by atoms with van der Waals surface area (Å²) in [5.74, 6) is 0.960. The van der Waals surface area contributed by atoms with Gasteiger partial charge in [-0.15, -0.1) is 0 Å².